The maximum Gasteiger partial charge on any atom is 0.252 e. The fourth-order valence-corrected chi connectivity index (χ4v) is 4.23. The molecule has 5 rings (SSSR count). The van der Waals surface area contributed by atoms with Crippen LogP contribution < -0.4 is 21.3 Å². The largest absolute Gasteiger partial charge is 0.378 e. The van der Waals surface area contributed by atoms with Gasteiger partial charge in [-0.2, -0.15) is 5.26 Å². The van der Waals surface area contributed by atoms with Crippen molar-refractivity contribution in [3.8, 4) is 6.07 Å². The van der Waals surface area contributed by atoms with E-state index in [1.54, 1.807) is 18.2 Å². The Morgan fingerprint density at radius 1 is 1.20 bits per heavy atom. The molecule has 4 aromatic rings. The highest BCUT2D eigenvalue weighted by Gasteiger charge is 2.30. The second kappa shape index (κ2) is 9.30. The Morgan fingerprint density at radius 2 is 2.09 bits per heavy atom. The van der Waals surface area contributed by atoms with Gasteiger partial charge < -0.3 is 26.3 Å². The lowest BCUT2D eigenvalue weighted by molar-refractivity contribution is 0.100. The summed E-state index contributed by atoms with van der Waals surface area (Å²) in [6.07, 6.45) is 4.00. The molecule has 1 aliphatic heterocycles. The van der Waals surface area contributed by atoms with E-state index >= 15 is 4.39 Å². The van der Waals surface area contributed by atoms with Crippen molar-refractivity contribution >= 4 is 39.8 Å². The Labute approximate surface area is 200 Å². The summed E-state index contributed by atoms with van der Waals surface area (Å²) in [6, 6.07) is 14.4. The summed E-state index contributed by atoms with van der Waals surface area (Å²) in [5, 5.41) is 16.4. The number of primary amides is 1. The third kappa shape index (κ3) is 4.70. The Balaban J connectivity index is 1.32. The Hall–Kier alpha value is -4.65. The number of fused-ring (bicyclic) bond motifs is 1. The molecular formula is C25H23FN8O. The quantitative estimate of drug-likeness (QED) is 0.337. The molecule has 35 heavy (non-hydrogen) atoms. The molecule has 0 saturated carbocycles. The standard InChI is InChI=1S/C25H23FN8O/c26-19-14-34(24-4-1-15(11-27)12-31-24)8-6-20(19)33-22-10-23(30-13-18(22)25(28)35)32-17-3-2-16-5-7-29-21(16)9-17/h1-5,7,9-10,12-13,19-20,29H,6,8,14H2,(H2,28,35)(H2,30,32,33). The van der Waals surface area contributed by atoms with Gasteiger partial charge in [0.25, 0.3) is 5.91 Å². The Kier molecular flexibility index (Phi) is 5.89. The SMILES string of the molecule is N#Cc1ccc(N2CCC(Nc3cc(Nc4ccc5cc[nH]c5c4)ncc3C(N)=O)C(F)C2)nc1. The molecule has 4 heterocycles. The van der Waals surface area contributed by atoms with Gasteiger partial charge in [-0.1, -0.05) is 6.07 Å². The van der Waals surface area contributed by atoms with Crippen LogP contribution in [0.25, 0.3) is 10.9 Å². The third-order valence-corrected chi connectivity index (χ3v) is 6.08. The predicted octanol–water partition coefficient (Wildman–Crippen LogP) is 3.70. The summed E-state index contributed by atoms with van der Waals surface area (Å²) in [6.45, 7) is 0.698. The van der Waals surface area contributed by atoms with E-state index in [1.165, 1.54) is 12.4 Å². The predicted molar refractivity (Wildman–Crippen MR) is 132 cm³/mol. The van der Waals surface area contributed by atoms with Crippen LogP contribution in [0.5, 0.6) is 0 Å². The normalized spacial score (nSPS) is 17.7. The number of nitriles is 1. The lowest BCUT2D eigenvalue weighted by Crippen LogP contribution is -2.48. The Bertz CT molecular complexity index is 1410. The fraction of sp³-hybridized carbons (Fsp3) is 0.200. The number of halogens is 1. The number of H-pyrrole nitrogens is 1. The number of aromatic nitrogens is 3. The number of rotatable bonds is 6. The van der Waals surface area contributed by atoms with Crippen molar-refractivity contribution in [2.24, 2.45) is 5.73 Å². The van der Waals surface area contributed by atoms with Crippen molar-refractivity contribution in [3.63, 3.8) is 0 Å². The number of benzene rings is 1. The molecule has 1 fully saturated rings. The molecule has 0 spiro atoms. The van der Waals surface area contributed by atoms with E-state index in [1.807, 2.05) is 41.4 Å². The van der Waals surface area contributed by atoms with Crippen LogP contribution in [-0.2, 0) is 0 Å². The number of piperidine rings is 1. The van der Waals surface area contributed by atoms with Crippen LogP contribution >= 0.6 is 0 Å². The molecule has 5 N–H and O–H groups in total. The van der Waals surface area contributed by atoms with E-state index in [2.05, 4.69) is 25.6 Å². The summed E-state index contributed by atoms with van der Waals surface area (Å²) in [4.78, 5) is 25.6. The first-order valence-corrected chi connectivity index (χ1v) is 11.2. The van der Waals surface area contributed by atoms with E-state index in [4.69, 9.17) is 11.0 Å². The number of pyridine rings is 2. The molecule has 1 aromatic carbocycles. The molecule has 1 amide bonds. The van der Waals surface area contributed by atoms with Crippen LogP contribution in [0.2, 0.25) is 0 Å². The van der Waals surface area contributed by atoms with Gasteiger partial charge in [-0.25, -0.2) is 14.4 Å². The molecule has 0 bridgehead atoms. The number of aromatic amines is 1. The zero-order valence-corrected chi connectivity index (χ0v) is 18.7. The number of nitrogens with two attached hydrogens (primary N) is 1. The second-order valence-corrected chi connectivity index (χ2v) is 8.40. The molecule has 0 radical (unpaired) electrons. The van der Waals surface area contributed by atoms with Gasteiger partial charge in [-0.15, -0.1) is 0 Å². The first kappa shape index (κ1) is 22.2. The van der Waals surface area contributed by atoms with Crippen LogP contribution in [0.15, 0.2) is 61.1 Å². The number of nitrogens with zero attached hydrogens (tertiary/aromatic N) is 4. The van der Waals surface area contributed by atoms with E-state index in [0.29, 0.717) is 35.9 Å². The van der Waals surface area contributed by atoms with Crippen LogP contribution in [0, 0.1) is 11.3 Å². The highest BCUT2D eigenvalue weighted by Crippen LogP contribution is 2.27. The monoisotopic (exact) mass is 470 g/mol. The van der Waals surface area contributed by atoms with Gasteiger partial charge >= 0.3 is 0 Å². The van der Waals surface area contributed by atoms with Gasteiger partial charge in [0.2, 0.25) is 0 Å². The minimum atomic E-state index is -1.22. The number of alkyl halides is 1. The maximum atomic E-state index is 15.2. The van der Waals surface area contributed by atoms with E-state index in [0.717, 1.165) is 16.6 Å². The number of amides is 1. The summed E-state index contributed by atoms with van der Waals surface area (Å²) < 4.78 is 15.2. The average Bonchev–Trinajstić information content (AvgIpc) is 3.33. The highest BCUT2D eigenvalue weighted by molar-refractivity contribution is 5.98. The third-order valence-electron chi connectivity index (χ3n) is 6.08. The zero-order valence-electron chi connectivity index (χ0n) is 18.7. The minimum absolute atomic E-state index is 0.134. The molecule has 2 atom stereocenters. The molecule has 0 aliphatic carbocycles. The van der Waals surface area contributed by atoms with Crippen LogP contribution in [0.4, 0.5) is 27.4 Å². The number of hydrogen-bond donors (Lipinski definition) is 4. The van der Waals surface area contributed by atoms with Gasteiger partial charge in [0.1, 0.15) is 23.9 Å². The van der Waals surface area contributed by atoms with Crippen molar-refractivity contribution in [1.82, 2.24) is 15.0 Å². The highest BCUT2D eigenvalue weighted by atomic mass is 19.1. The minimum Gasteiger partial charge on any atom is -0.378 e. The first-order valence-electron chi connectivity index (χ1n) is 11.2. The smallest absolute Gasteiger partial charge is 0.252 e. The molecule has 176 valence electrons. The van der Waals surface area contributed by atoms with Crippen molar-refractivity contribution in [3.05, 3.63) is 72.2 Å². The lowest BCUT2D eigenvalue weighted by atomic mass is 10.0. The molecule has 1 aliphatic rings. The van der Waals surface area contributed by atoms with Gasteiger partial charge in [0.15, 0.2) is 0 Å². The number of anilines is 4. The van der Waals surface area contributed by atoms with Crippen LogP contribution in [0.1, 0.15) is 22.3 Å². The van der Waals surface area contributed by atoms with E-state index in [-0.39, 0.29) is 12.1 Å². The summed E-state index contributed by atoms with van der Waals surface area (Å²) >= 11 is 0. The topological polar surface area (TPSA) is 136 Å². The maximum absolute atomic E-state index is 15.2. The Morgan fingerprint density at radius 3 is 2.83 bits per heavy atom. The number of carbonyl (C=O) groups is 1. The van der Waals surface area contributed by atoms with Crippen LogP contribution in [-0.4, -0.2) is 46.2 Å². The van der Waals surface area contributed by atoms with Crippen LogP contribution in [0.3, 0.4) is 0 Å². The van der Waals surface area contributed by atoms with Gasteiger partial charge in [-0.3, -0.25) is 4.79 Å². The first-order chi connectivity index (χ1) is 17.0. The number of nitrogens with one attached hydrogen (secondary N) is 3. The molecule has 3 aromatic heterocycles. The van der Waals surface area contributed by atoms with E-state index < -0.39 is 18.1 Å². The summed E-state index contributed by atoms with van der Waals surface area (Å²) in [7, 11) is 0. The molecular weight excluding hydrogens is 447 g/mol. The zero-order chi connectivity index (χ0) is 24.4. The summed E-state index contributed by atoms with van der Waals surface area (Å²) in [5.41, 5.74) is 8.42. The van der Waals surface area contributed by atoms with Crippen molar-refractivity contribution in [1.29, 1.82) is 5.26 Å². The van der Waals surface area contributed by atoms with Gasteiger partial charge in [0.05, 0.1) is 29.4 Å². The fourth-order valence-electron chi connectivity index (χ4n) is 4.23. The van der Waals surface area contributed by atoms with Crippen molar-refractivity contribution < 1.29 is 9.18 Å². The van der Waals surface area contributed by atoms with Crippen molar-refractivity contribution in [2.75, 3.05) is 28.6 Å². The van der Waals surface area contributed by atoms with Gasteiger partial charge in [0, 0.05) is 42.4 Å². The second-order valence-electron chi connectivity index (χ2n) is 8.40. The molecule has 10 heteroatoms. The average molecular weight is 471 g/mol. The lowest BCUT2D eigenvalue weighted by Gasteiger charge is -2.36. The number of hydrogen-bond acceptors (Lipinski definition) is 7. The van der Waals surface area contributed by atoms with Crippen molar-refractivity contribution in [2.45, 2.75) is 18.6 Å². The number of carbonyl (C=O) groups excluding carboxylic acids is 1. The molecule has 9 nitrogen and oxygen atoms in total. The molecule has 2 unspecified atom stereocenters. The summed E-state index contributed by atoms with van der Waals surface area (Å²) in [5.74, 6) is 0.476. The molecule has 1 saturated heterocycles. The van der Waals surface area contributed by atoms with Gasteiger partial charge in [-0.05, 0) is 42.1 Å². The van der Waals surface area contributed by atoms with E-state index in [9.17, 15) is 4.79 Å².